The van der Waals surface area contributed by atoms with Gasteiger partial charge in [-0.05, 0) is 12.1 Å². The fourth-order valence-electron chi connectivity index (χ4n) is 2.99. The quantitative estimate of drug-likeness (QED) is 0.558. The molecule has 132 valence electrons. The second kappa shape index (κ2) is 6.23. The van der Waals surface area contributed by atoms with Gasteiger partial charge in [-0.1, -0.05) is 41.4 Å². The van der Waals surface area contributed by atoms with Crippen LogP contribution >= 0.6 is 23.2 Å². The van der Waals surface area contributed by atoms with Crippen molar-refractivity contribution in [2.24, 2.45) is 0 Å². The molecule has 0 saturated carbocycles. The van der Waals surface area contributed by atoms with E-state index in [-0.39, 0.29) is 44.7 Å². The van der Waals surface area contributed by atoms with Crippen molar-refractivity contribution >= 4 is 44.9 Å². The van der Waals surface area contributed by atoms with Crippen LogP contribution in [-0.2, 0) is 13.1 Å². The van der Waals surface area contributed by atoms with Crippen LogP contribution in [0.5, 0.6) is 11.6 Å². The first-order valence-electron chi connectivity index (χ1n) is 7.80. The van der Waals surface area contributed by atoms with Crippen LogP contribution in [0.3, 0.4) is 0 Å². The highest BCUT2D eigenvalue weighted by Crippen LogP contribution is 2.34. The van der Waals surface area contributed by atoms with Crippen LogP contribution < -0.4 is 5.56 Å². The summed E-state index contributed by atoms with van der Waals surface area (Å²) >= 11 is 12.0. The molecule has 2 aromatic carbocycles. The first-order chi connectivity index (χ1) is 12.5. The number of aryl methyl sites for hydroxylation is 2. The predicted octanol–water partition coefficient (Wildman–Crippen LogP) is 3.77. The van der Waals surface area contributed by atoms with Crippen molar-refractivity contribution in [3.05, 3.63) is 63.3 Å². The Bertz CT molecular complexity index is 1210. The number of fused-ring (bicyclic) bond motifs is 2. The molecule has 6 nitrogen and oxygen atoms in total. The van der Waals surface area contributed by atoms with Crippen LogP contribution in [0, 0.1) is 0 Å². The van der Waals surface area contributed by atoms with Crippen molar-refractivity contribution in [2.45, 2.75) is 13.1 Å². The Kier molecular flexibility index (Phi) is 4.01. The monoisotopic (exact) mass is 389 g/mol. The average Bonchev–Trinajstić information content (AvgIpc) is 2.95. The summed E-state index contributed by atoms with van der Waals surface area (Å²) in [6.45, 7) is 0.640. The highest BCUT2D eigenvalue weighted by molar-refractivity contribution is 6.39. The Hall–Kier alpha value is -2.70. The summed E-state index contributed by atoms with van der Waals surface area (Å²) in [4.78, 5) is 16.8. The van der Waals surface area contributed by atoms with Gasteiger partial charge in [0.15, 0.2) is 11.6 Å². The van der Waals surface area contributed by atoms with Crippen LogP contribution in [0.1, 0.15) is 0 Å². The Morgan fingerprint density at radius 1 is 1.04 bits per heavy atom. The van der Waals surface area contributed by atoms with E-state index in [1.807, 2.05) is 30.5 Å². The molecule has 8 heteroatoms. The Labute approximate surface area is 157 Å². The van der Waals surface area contributed by atoms with E-state index in [2.05, 4.69) is 4.98 Å². The number of halogens is 2. The lowest BCUT2D eigenvalue weighted by Gasteiger charge is -2.10. The summed E-state index contributed by atoms with van der Waals surface area (Å²) < 4.78 is 3.05. The largest absolute Gasteiger partial charge is 0.504 e. The van der Waals surface area contributed by atoms with Gasteiger partial charge >= 0.3 is 0 Å². The summed E-state index contributed by atoms with van der Waals surface area (Å²) in [6, 6.07) is 8.80. The zero-order valence-electron chi connectivity index (χ0n) is 13.4. The maximum Gasteiger partial charge on any atom is 0.262 e. The summed E-state index contributed by atoms with van der Waals surface area (Å²) in [7, 11) is 0. The fourth-order valence-corrected chi connectivity index (χ4v) is 3.53. The standard InChI is InChI=1S/C18H13Cl2N3O3/c19-12-7-13(20)16(24)15-14(12)18(26)23(9-21-15)6-5-22-8-10-3-1-2-4-11(10)17(22)25/h1-4,7-9,24-25H,5-6H2. The summed E-state index contributed by atoms with van der Waals surface area (Å²) in [5.74, 6) is -0.130. The molecule has 2 heterocycles. The predicted molar refractivity (Wildman–Crippen MR) is 101 cm³/mol. The zero-order valence-corrected chi connectivity index (χ0v) is 14.9. The van der Waals surface area contributed by atoms with Gasteiger partial charge in [0.1, 0.15) is 5.52 Å². The first-order valence-corrected chi connectivity index (χ1v) is 8.56. The maximum atomic E-state index is 12.7. The lowest BCUT2D eigenvalue weighted by atomic mass is 10.2. The van der Waals surface area contributed by atoms with Crippen LogP contribution in [0.2, 0.25) is 10.0 Å². The molecular formula is C18H13Cl2N3O3. The smallest absolute Gasteiger partial charge is 0.262 e. The normalized spacial score (nSPS) is 11.5. The highest BCUT2D eigenvalue weighted by Gasteiger charge is 2.15. The molecule has 0 radical (unpaired) electrons. The van der Waals surface area contributed by atoms with Crippen LogP contribution in [0.15, 0.2) is 47.7 Å². The third-order valence-corrected chi connectivity index (χ3v) is 4.92. The lowest BCUT2D eigenvalue weighted by molar-refractivity contribution is 0.411. The van der Waals surface area contributed by atoms with E-state index in [4.69, 9.17) is 23.2 Å². The minimum atomic E-state index is -0.386. The molecule has 0 aliphatic carbocycles. The lowest BCUT2D eigenvalue weighted by Crippen LogP contribution is -2.23. The minimum Gasteiger partial charge on any atom is -0.504 e. The highest BCUT2D eigenvalue weighted by atomic mass is 35.5. The fraction of sp³-hybridized carbons (Fsp3) is 0.111. The van der Waals surface area contributed by atoms with Crippen molar-refractivity contribution in [1.82, 2.24) is 14.1 Å². The average molecular weight is 390 g/mol. The van der Waals surface area contributed by atoms with Gasteiger partial charge in [0, 0.05) is 30.1 Å². The number of hydrogen-bond acceptors (Lipinski definition) is 4. The topological polar surface area (TPSA) is 80.3 Å². The van der Waals surface area contributed by atoms with E-state index in [1.165, 1.54) is 17.0 Å². The maximum absolute atomic E-state index is 12.7. The molecule has 0 fully saturated rings. The van der Waals surface area contributed by atoms with E-state index in [0.717, 1.165) is 10.8 Å². The second-order valence-electron chi connectivity index (χ2n) is 5.89. The minimum absolute atomic E-state index is 0.0381. The molecule has 0 aliphatic heterocycles. The molecule has 4 aromatic rings. The Balaban J connectivity index is 1.72. The van der Waals surface area contributed by atoms with E-state index >= 15 is 0 Å². The number of phenols is 1. The molecule has 0 amide bonds. The summed E-state index contributed by atoms with van der Waals surface area (Å²) in [5.41, 5.74) is -0.318. The zero-order chi connectivity index (χ0) is 18.4. The third-order valence-electron chi connectivity index (χ3n) is 4.33. The number of benzene rings is 2. The van der Waals surface area contributed by atoms with E-state index < -0.39 is 0 Å². The van der Waals surface area contributed by atoms with Crippen LogP contribution in [-0.4, -0.2) is 24.3 Å². The van der Waals surface area contributed by atoms with Crippen molar-refractivity contribution in [3.8, 4) is 11.6 Å². The van der Waals surface area contributed by atoms with E-state index in [0.29, 0.717) is 6.54 Å². The molecule has 0 saturated heterocycles. The van der Waals surface area contributed by atoms with E-state index in [1.54, 1.807) is 4.57 Å². The Morgan fingerprint density at radius 2 is 1.77 bits per heavy atom. The van der Waals surface area contributed by atoms with Gasteiger partial charge in [0.25, 0.3) is 5.56 Å². The molecule has 0 spiro atoms. The molecule has 26 heavy (non-hydrogen) atoms. The number of aromatic nitrogens is 3. The number of nitrogens with zero attached hydrogens (tertiary/aromatic N) is 3. The SMILES string of the molecule is O=c1c2c(Cl)cc(Cl)c(O)c2ncn1CCn1cc2ccccc2c1O. The molecule has 0 bridgehead atoms. The van der Waals surface area contributed by atoms with Gasteiger partial charge in [-0.3, -0.25) is 9.36 Å². The van der Waals surface area contributed by atoms with Crippen molar-refractivity contribution < 1.29 is 10.2 Å². The van der Waals surface area contributed by atoms with Gasteiger partial charge in [0.05, 0.1) is 21.8 Å². The summed E-state index contributed by atoms with van der Waals surface area (Å²) in [6.07, 6.45) is 3.15. The first kappa shape index (κ1) is 16.8. The number of phenolic OH excluding ortho intramolecular Hbond substituents is 1. The van der Waals surface area contributed by atoms with Crippen LogP contribution in [0.25, 0.3) is 21.7 Å². The molecule has 4 rings (SSSR count). The van der Waals surface area contributed by atoms with E-state index in [9.17, 15) is 15.0 Å². The molecule has 2 N–H and O–H groups in total. The molecule has 0 unspecified atom stereocenters. The molecular weight excluding hydrogens is 377 g/mol. The van der Waals surface area contributed by atoms with Crippen molar-refractivity contribution in [1.29, 1.82) is 0 Å². The summed E-state index contributed by atoms with van der Waals surface area (Å²) in [5, 5.41) is 22.2. The molecule has 2 aromatic heterocycles. The second-order valence-corrected chi connectivity index (χ2v) is 6.70. The van der Waals surface area contributed by atoms with Gasteiger partial charge < -0.3 is 14.8 Å². The van der Waals surface area contributed by atoms with Crippen molar-refractivity contribution in [2.75, 3.05) is 0 Å². The molecule has 0 aliphatic rings. The van der Waals surface area contributed by atoms with Gasteiger partial charge in [0.2, 0.25) is 0 Å². The van der Waals surface area contributed by atoms with Gasteiger partial charge in [-0.2, -0.15) is 0 Å². The number of hydrogen-bond donors (Lipinski definition) is 2. The van der Waals surface area contributed by atoms with Gasteiger partial charge in [-0.25, -0.2) is 4.98 Å². The number of aromatic hydroxyl groups is 2. The Morgan fingerprint density at radius 3 is 2.54 bits per heavy atom. The van der Waals surface area contributed by atoms with Crippen molar-refractivity contribution in [3.63, 3.8) is 0 Å². The van der Waals surface area contributed by atoms with Crippen LogP contribution in [0.4, 0.5) is 0 Å². The van der Waals surface area contributed by atoms with Gasteiger partial charge in [-0.15, -0.1) is 0 Å². The molecule has 0 atom stereocenters. The number of rotatable bonds is 3. The third kappa shape index (κ3) is 2.58.